The van der Waals surface area contributed by atoms with Crippen LogP contribution in [0.1, 0.15) is 49.5 Å². The van der Waals surface area contributed by atoms with Crippen molar-refractivity contribution in [2.45, 2.75) is 46.3 Å². The maximum Gasteiger partial charge on any atom is 0.214 e. The number of Topliss-reactive ketones (excluding diaryl/α,β-unsaturated/α-hetero) is 1. The number of hydrogen-bond donors (Lipinski definition) is 0. The van der Waals surface area contributed by atoms with Gasteiger partial charge < -0.3 is 9.64 Å². The summed E-state index contributed by atoms with van der Waals surface area (Å²) in [5.41, 5.74) is 4.37. The van der Waals surface area contributed by atoms with Crippen molar-refractivity contribution in [3.8, 4) is 27.7 Å². The summed E-state index contributed by atoms with van der Waals surface area (Å²) in [5.74, 6) is 0.442. The fourth-order valence-electron chi connectivity index (χ4n) is 4.64. The van der Waals surface area contributed by atoms with Crippen LogP contribution in [0.15, 0.2) is 72.6 Å². The highest BCUT2D eigenvalue weighted by Crippen LogP contribution is 2.29. The van der Waals surface area contributed by atoms with Crippen LogP contribution in [0.25, 0.3) is 27.5 Å². The molecule has 8 nitrogen and oxygen atoms in total. The van der Waals surface area contributed by atoms with E-state index in [4.69, 9.17) is 14.7 Å². The van der Waals surface area contributed by atoms with Crippen molar-refractivity contribution < 1.29 is 9.53 Å². The molecule has 5 rings (SSSR count). The molecule has 0 spiro atoms. The van der Waals surface area contributed by atoms with Crippen LogP contribution >= 0.6 is 11.3 Å². The van der Waals surface area contributed by atoms with Crippen molar-refractivity contribution in [1.29, 1.82) is 0 Å². The van der Waals surface area contributed by atoms with Crippen LogP contribution in [0, 0.1) is 0 Å². The number of hydrogen-bond acceptors (Lipinski definition) is 8. The summed E-state index contributed by atoms with van der Waals surface area (Å²) in [5, 5.41) is 6.52. The van der Waals surface area contributed by atoms with Crippen LogP contribution in [0.5, 0.6) is 5.88 Å². The first-order valence-electron chi connectivity index (χ1n) is 13.2. The number of aromatic nitrogens is 5. The molecule has 5 aromatic rings. The second kappa shape index (κ2) is 12.3. The minimum absolute atomic E-state index is 0.0626. The van der Waals surface area contributed by atoms with Crippen LogP contribution in [0.2, 0.25) is 0 Å². The van der Waals surface area contributed by atoms with Gasteiger partial charge in [-0.1, -0.05) is 26.0 Å². The molecule has 0 aliphatic carbocycles. The molecule has 200 valence electrons. The van der Waals surface area contributed by atoms with E-state index >= 15 is 0 Å². The predicted molar refractivity (Wildman–Crippen MR) is 154 cm³/mol. The van der Waals surface area contributed by atoms with Gasteiger partial charge in [0.2, 0.25) is 5.88 Å². The topological polar surface area (TPSA) is 85.5 Å². The van der Waals surface area contributed by atoms with E-state index in [0.29, 0.717) is 41.9 Å². The summed E-state index contributed by atoms with van der Waals surface area (Å²) < 4.78 is 7.78. The molecule has 0 radical (unpaired) electrons. The van der Waals surface area contributed by atoms with Gasteiger partial charge in [-0.15, -0.1) is 11.3 Å². The van der Waals surface area contributed by atoms with Crippen molar-refractivity contribution in [1.82, 2.24) is 29.5 Å². The third-order valence-corrected chi connectivity index (χ3v) is 7.77. The summed E-state index contributed by atoms with van der Waals surface area (Å²) in [6, 6.07) is 13.7. The molecule has 39 heavy (non-hydrogen) atoms. The van der Waals surface area contributed by atoms with Gasteiger partial charge in [-0.3, -0.25) is 9.78 Å². The number of carbonyl (C=O) groups excluding carboxylic acids is 1. The Morgan fingerprint density at radius 3 is 2.69 bits per heavy atom. The van der Waals surface area contributed by atoms with Crippen molar-refractivity contribution in [2.24, 2.45) is 0 Å². The Morgan fingerprint density at radius 1 is 1.08 bits per heavy atom. The normalized spacial score (nSPS) is 12.2. The minimum Gasteiger partial charge on any atom is -0.473 e. The van der Waals surface area contributed by atoms with E-state index in [1.807, 2.05) is 48.0 Å². The Hall–Kier alpha value is -3.95. The lowest BCUT2D eigenvalue weighted by atomic mass is 10.0. The van der Waals surface area contributed by atoms with Gasteiger partial charge in [-0.2, -0.15) is 5.10 Å². The van der Waals surface area contributed by atoms with Crippen molar-refractivity contribution in [2.75, 3.05) is 13.1 Å². The fourth-order valence-corrected chi connectivity index (χ4v) is 5.34. The third-order valence-electron chi connectivity index (χ3n) is 6.88. The van der Waals surface area contributed by atoms with Gasteiger partial charge in [-0.05, 0) is 56.1 Å². The minimum atomic E-state index is 0.0626. The van der Waals surface area contributed by atoms with Gasteiger partial charge in [0, 0.05) is 48.2 Å². The van der Waals surface area contributed by atoms with Crippen LogP contribution in [0.4, 0.5) is 0 Å². The molecule has 0 N–H and O–H groups in total. The van der Waals surface area contributed by atoms with Gasteiger partial charge in [0.1, 0.15) is 6.61 Å². The second-order valence-corrected chi connectivity index (χ2v) is 10.3. The van der Waals surface area contributed by atoms with E-state index in [-0.39, 0.29) is 5.78 Å². The van der Waals surface area contributed by atoms with Crippen molar-refractivity contribution >= 4 is 22.8 Å². The Morgan fingerprint density at radius 2 is 1.95 bits per heavy atom. The van der Waals surface area contributed by atoms with Gasteiger partial charge >= 0.3 is 0 Å². The lowest BCUT2D eigenvalue weighted by Gasteiger charge is -2.26. The smallest absolute Gasteiger partial charge is 0.214 e. The highest BCUT2D eigenvalue weighted by Gasteiger charge is 2.18. The highest BCUT2D eigenvalue weighted by atomic mass is 32.1. The monoisotopic (exact) mass is 540 g/mol. The standard InChI is InChI=1S/C30H32N6O2S/c1-4-35(5-2)21(3)10-11-27(37)23-16-26(33-29(17-23)38-20-22-8-6-13-31-18-22)24-19-32-36-14-12-25(34-30(24)36)28-9-7-15-39-28/h6-9,12-19,21H,4-5,10-11,20H2,1-3H3/t21-/m0/s1. The van der Waals surface area contributed by atoms with Gasteiger partial charge in [0.05, 0.1) is 28.0 Å². The molecule has 5 aromatic heterocycles. The van der Waals surface area contributed by atoms with Crippen molar-refractivity contribution in [3.63, 3.8) is 0 Å². The summed E-state index contributed by atoms with van der Waals surface area (Å²) in [6.45, 7) is 8.70. The average Bonchev–Trinajstić information content (AvgIpc) is 3.66. The number of fused-ring (bicyclic) bond motifs is 1. The highest BCUT2D eigenvalue weighted by molar-refractivity contribution is 7.13. The number of ether oxygens (including phenoxy) is 1. The molecule has 0 saturated heterocycles. The molecule has 0 fully saturated rings. The SMILES string of the molecule is CCN(CC)[C@@H](C)CCC(=O)c1cc(OCc2cccnc2)nc(-c2cnn3ccc(-c4cccs4)nc23)c1. The zero-order valence-corrected chi connectivity index (χ0v) is 23.3. The van der Waals surface area contributed by atoms with Crippen LogP contribution < -0.4 is 4.74 Å². The molecule has 0 amide bonds. The number of rotatable bonds is 12. The fraction of sp³-hybridized carbons (Fsp3) is 0.300. The van der Waals surface area contributed by atoms with E-state index in [2.05, 4.69) is 35.8 Å². The number of nitrogens with zero attached hydrogens (tertiary/aromatic N) is 6. The maximum atomic E-state index is 13.4. The molecule has 9 heteroatoms. The lowest BCUT2D eigenvalue weighted by Crippen LogP contribution is -2.33. The number of pyridine rings is 2. The van der Waals surface area contributed by atoms with Crippen molar-refractivity contribution in [3.05, 3.63) is 83.8 Å². The van der Waals surface area contributed by atoms with Gasteiger partial charge in [0.25, 0.3) is 0 Å². The molecule has 0 saturated carbocycles. The number of ketones is 1. The Labute approximate surface area is 232 Å². The molecular weight excluding hydrogens is 508 g/mol. The third kappa shape index (κ3) is 6.21. The van der Waals surface area contributed by atoms with Gasteiger partial charge in [-0.25, -0.2) is 14.5 Å². The summed E-state index contributed by atoms with van der Waals surface area (Å²) in [6.07, 6.45) is 8.34. The largest absolute Gasteiger partial charge is 0.473 e. The molecule has 0 aromatic carbocycles. The quantitative estimate of drug-likeness (QED) is 0.175. The van der Waals surface area contributed by atoms with E-state index in [1.165, 1.54) is 0 Å². The van der Waals surface area contributed by atoms with E-state index in [9.17, 15) is 4.79 Å². The second-order valence-electron chi connectivity index (χ2n) is 9.38. The average molecular weight is 541 g/mol. The van der Waals surface area contributed by atoms with Gasteiger partial charge in [0.15, 0.2) is 11.4 Å². The molecule has 0 aliphatic rings. The van der Waals surface area contributed by atoms with E-state index in [1.54, 1.807) is 40.5 Å². The first-order valence-corrected chi connectivity index (χ1v) is 14.1. The first-order chi connectivity index (χ1) is 19.1. The molecular formula is C30H32N6O2S. The molecule has 0 unspecified atom stereocenters. The van der Waals surface area contributed by atoms with Crippen LogP contribution in [0.3, 0.4) is 0 Å². The van der Waals surface area contributed by atoms with E-state index in [0.717, 1.165) is 41.2 Å². The number of thiophene rings is 1. The van der Waals surface area contributed by atoms with E-state index < -0.39 is 0 Å². The molecule has 0 bridgehead atoms. The van der Waals surface area contributed by atoms with Crippen LogP contribution in [-0.4, -0.2) is 54.4 Å². The summed E-state index contributed by atoms with van der Waals surface area (Å²) in [7, 11) is 0. The maximum absolute atomic E-state index is 13.4. The predicted octanol–water partition coefficient (Wildman–Crippen LogP) is 6.19. The first kappa shape index (κ1) is 26.6. The summed E-state index contributed by atoms with van der Waals surface area (Å²) >= 11 is 1.63. The zero-order chi connectivity index (χ0) is 27.2. The Kier molecular flexibility index (Phi) is 8.39. The zero-order valence-electron chi connectivity index (χ0n) is 22.4. The van der Waals surface area contributed by atoms with Crippen LogP contribution in [-0.2, 0) is 6.61 Å². The molecule has 1 atom stereocenters. The molecule has 5 heterocycles. The number of carbonyl (C=O) groups is 1. The lowest BCUT2D eigenvalue weighted by molar-refractivity contribution is 0.0963. The Bertz CT molecular complexity index is 1530. The Balaban J connectivity index is 1.48. The summed E-state index contributed by atoms with van der Waals surface area (Å²) in [4.78, 5) is 30.7. The molecule has 0 aliphatic heterocycles.